The first-order chi connectivity index (χ1) is 22.8. The zero-order chi connectivity index (χ0) is 31.9. The largest absolute Gasteiger partial charge is 0.457 e. The average Bonchev–Trinajstić information content (AvgIpc) is 3.72. The van der Waals surface area contributed by atoms with Crippen molar-refractivity contribution in [1.82, 2.24) is 9.55 Å². The Morgan fingerprint density at radius 1 is 0.660 bits per heavy atom. The van der Waals surface area contributed by atoms with E-state index in [-0.39, 0.29) is 5.41 Å². The van der Waals surface area contributed by atoms with Crippen molar-refractivity contribution in [2.24, 2.45) is 0 Å². The molecule has 0 N–H and O–H groups in total. The Kier molecular flexibility index (Phi) is 5.94. The molecule has 1 aliphatic heterocycles. The van der Waals surface area contributed by atoms with Crippen LogP contribution in [0.25, 0.3) is 49.6 Å². The van der Waals surface area contributed by atoms with Crippen molar-refractivity contribution in [3.05, 3.63) is 127 Å². The van der Waals surface area contributed by atoms with Crippen molar-refractivity contribution in [3.8, 4) is 17.3 Å². The van der Waals surface area contributed by atoms with Crippen LogP contribution in [-0.4, -0.2) is 23.3 Å². The molecule has 9 rings (SSSR count). The maximum atomic E-state index is 6.59. The van der Waals surface area contributed by atoms with Gasteiger partial charge in [-0.25, -0.2) is 4.98 Å². The van der Waals surface area contributed by atoms with Gasteiger partial charge in [0.15, 0.2) is 0 Å². The van der Waals surface area contributed by atoms with Gasteiger partial charge in [-0.2, -0.15) is 0 Å². The van der Waals surface area contributed by atoms with Crippen LogP contribution in [0.2, 0.25) is 0 Å². The number of rotatable bonds is 4. The molecule has 0 unspecified atom stereocenters. The molecule has 0 saturated carbocycles. The fourth-order valence-corrected chi connectivity index (χ4v) is 6.98. The number of ether oxygens (including phenoxy) is 1. The molecular weight excluding hydrogens is 580 g/mol. The molecule has 47 heavy (non-hydrogen) atoms. The lowest BCUT2D eigenvalue weighted by molar-refractivity contribution is 0.483. The minimum absolute atomic E-state index is 0.0126. The Labute approximate surface area is 273 Å². The molecular formula is C41H34N4O2. The van der Waals surface area contributed by atoms with Gasteiger partial charge in [-0.15, -0.1) is 0 Å². The van der Waals surface area contributed by atoms with Crippen molar-refractivity contribution in [3.63, 3.8) is 0 Å². The number of fused-ring (bicyclic) bond motifs is 7. The van der Waals surface area contributed by atoms with E-state index in [0.29, 0.717) is 0 Å². The lowest BCUT2D eigenvalue weighted by Crippen LogP contribution is -2.23. The standard InChI is InChI=1S/C41H34N4O2/c1-41(2,3)26-18-19-42-40(20-26)45-34-14-7-5-12-30(34)31-17-16-29(22-35(31)45)46-28-11-9-10-27(21-28)44-25-43(4)36-24-39-33(23-37(36)44)32-13-6-8-15-38(32)47-39/h5-24H,25H2,1-4H3. The van der Waals surface area contributed by atoms with E-state index in [9.17, 15) is 0 Å². The van der Waals surface area contributed by atoms with Crippen LogP contribution in [0.1, 0.15) is 26.3 Å². The van der Waals surface area contributed by atoms with E-state index < -0.39 is 0 Å². The van der Waals surface area contributed by atoms with Crippen molar-refractivity contribution >= 4 is 60.8 Å². The van der Waals surface area contributed by atoms with Crippen LogP contribution in [0.15, 0.2) is 126 Å². The maximum Gasteiger partial charge on any atom is 0.137 e. The molecule has 3 aromatic heterocycles. The molecule has 1 aliphatic rings. The molecule has 0 aliphatic carbocycles. The molecule has 8 aromatic rings. The quantitative estimate of drug-likeness (QED) is 0.197. The van der Waals surface area contributed by atoms with Crippen LogP contribution in [0.5, 0.6) is 11.5 Å². The fourth-order valence-electron chi connectivity index (χ4n) is 6.98. The first kappa shape index (κ1) is 27.6. The summed E-state index contributed by atoms with van der Waals surface area (Å²) >= 11 is 0. The lowest BCUT2D eigenvalue weighted by atomic mass is 9.88. The predicted molar refractivity (Wildman–Crippen MR) is 193 cm³/mol. The van der Waals surface area contributed by atoms with Crippen molar-refractivity contribution in [1.29, 1.82) is 0 Å². The van der Waals surface area contributed by atoms with Gasteiger partial charge in [0.1, 0.15) is 28.5 Å². The monoisotopic (exact) mass is 614 g/mol. The van der Waals surface area contributed by atoms with Gasteiger partial charge >= 0.3 is 0 Å². The van der Waals surface area contributed by atoms with Gasteiger partial charge in [0.05, 0.1) is 29.1 Å². The van der Waals surface area contributed by atoms with Crippen LogP contribution < -0.4 is 14.5 Å². The van der Waals surface area contributed by atoms with Gasteiger partial charge in [0.25, 0.3) is 0 Å². The van der Waals surface area contributed by atoms with Gasteiger partial charge < -0.3 is 19.0 Å². The van der Waals surface area contributed by atoms with E-state index in [0.717, 1.165) is 74.0 Å². The van der Waals surface area contributed by atoms with Crippen molar-refractivity contribution in [2.75, 3.05) is 23.5 Å². The summed E-state index contributed by atoms with van der Waals surface area (Å²) in [5.74, 6) is 2.46. The van der Waals surface area contributed by atoms with Crippen LogP contribution in [-0.2, 0) is 5.41 Å². The molecule has 0 saturated heterocycles. The third kappa shape index (κ3) is 4.43. The summed E-state index contributed by atoms with van der Waals surface area (Å²) in [5.41, 5.74) is 8.62. The summed E-state index contributed by atoms with van der Waals surface area (Å²) < 4.78 is 15.0. The molecule has 0 atom stereocenters. The Morgan fingerprint density at radius 2 is 1.45 bits per heavy atom. The van der Waals surface area contributed by atoms with E-state index in [1.54, 1.807) is 0 Å². The highest BCUT2D eigenvalue weighted by Crippen LogP contribution is 2.45. The van der Waals surface area contributed by atoms with Gasteiger partial charge in [-0.05, 0) is 65.6 Å². The normalized spacial score (nSPS) is 13.4. The van der Waals surface area contributed by atoms with Gasteiger partial charge in [-0.1, -0.05) is 63.2 Å². The maximum absolute atomic E-state index is 6.59. The SMILES string of the molecule is CN1CN(c2cccc(Oc3ccc4c5ccccc5n(-c5cc(C(C)(C)C)ccn5)c4c3)c2)c2cc3c(cc21)oc1ccccc13. The summed E-state index contributed by atoms with van der Waals surface area (Å²) in [7, 11) is 2.12. The molecule has 0 spiro atoms. The Bertz CT molecular complexity index is 2500. The number of anilines is 3. The van der Waals surface area contributed by atoms with Crippen LogP contribution in [0, 0.1) is 0 Å². The lowest BCUT2D eigenvalue weighted by Gasteiger charge is -2.20. The molecule has 0 bridgehead atoms. The van der Waals surface area contributed by atoms with Gasteiger partial charge in [0, 0.05) is 58.7 Å². The number of benzene rings is 5. The second-order valence-corrected chi connectivity index (χ2v) is 13.5. The predicted octanol–water partition coefficient (Wildman–Crippen LogP) is 10.7. The van der Waals surface area contributed by atoms with Crippen molar-refractivity contribution < 1.29 is 9.15 Å². The number of hydrogen-bond acceptors (Lipinski definition) is 5. The minimum Gasteiger partial charge on any atom is -0.457 e. The number of furan rings is 1. The number of hydrogen-bond donors (Lipinski definition) is 0. The zero-order valence-corrected chi connectivity index (χ0v) is 26.9. The summed E-state index contributed by atoms with van der Waals surface area (Å²) in [6.45, 7) is 7.43. The molecule has 0 fully saturated rings. The summed E-state index contributed by atoms with van der Waals surface area (Å²) in [5, 5.41) is 4.61. The first-order valence-corrected chi connectivity index (χ1v) is 16.0. The number of pyridine rings is 1. The minimum atomic E-state index is 0.0126. The number of nitrogens with zero attached hydrogens (tertiary/aromatic N) is 4. The molecule has 0 radical (unpaired) electrons. The van der Waals surface area contributed by atoms with E-state index in [1.165, 1.54) is 16.3 Å². The summed E-state index contributed by atoms with van der Waals surface area (Å²) in [6, 6.07) is 40.2. The molecule has 6 nitrogen and oxygen atoms in total. The molecule has 230 valence electrons. The van der Waals surface area contributed by atoms with E-state index in [1.807, 2.05) is 24.4 Å². The third-order valence-electron chi connectivity index (χ3n) is 9.38. The van der Waals surface area contributed by atoms with Crippen LogP contribution in [0.4, 0.5) is 17.1 Å². The molecule has 0 amide bonds. The molecule has 5 aromatic carbocycles. The molecule has 6 heteroatoms. The average molecular weight is 615 g/mol. The summed E-state index contributed by atoms with van der Waals surface area (Å²) in [4.78, 5) is 9.42. The van der Waals surface area contributed by atoms with E-state index in [2.05, 4.69) is 139 Å². The summed E-state index contributed by atoms with van der Waals surface area (Å²) in [6.07, 6.45) is 1.91. The van der Waals surface area contributed by atoms with Crippen LogP contribution in [0.3, 0.4) is 0 Å². The second kappa shape index (κ2) is 10.1. The smallest absolute Gasteiger partial charge is 0.137 e. The first-order valence-electron chi connectivity index (χ1n) is 16.0. The topological polar surface area (TPSA) is 46.7 Å². The second-order valence-electron chi connectivity index (χ2n) is 13.5. The van der Waals surface area contributed by atoms with E-state index >= 15 is 0 Å². The Morgan fingerprint density at radius 3 is 2.32 bits per heavy atom. The zero-order valence-electron chi connectivity index (χ0n) is 26.9. The van der Waals surface area contributed by atoms with Crippen molar-refractivity contribution in [2.45, 2.75) is 26.2 Å². The Hall–Kier alpha value is -5.75. The highest BCUT2D eigenvalue weighted by molar-refractivity contribution is 6.10. The highest BCUT2D eigenvalue weighted by Gasteiger charge is 2.27. The van der Waals surface area contributed by atoms with Crippen LogP contribution >= 0.6 is 0 Å². The van der Waals surface area contributed by atoms with Gasteiger partial charge in [0.2, 0.25) is 0 Å². The highest BCUT2D eigenvalue weighted by atomic mass is 16.5. The van der Waals surface area contributed by atoms with E-state index in [4.69, 9.17) is 14.1 Å². The third-order valence-corrected chi connectivity index (χ3v) is 9.38. The fraction of sp³-hybridized carbons (Fsp3) is 0.146. The number of aromatic nitrogens is 2. The molecule has 4 heterocycles. The van der Waals surface area contributed by atoms with Gasteiger partial charge in [-0.3, -0.25) is 4.57 Å². The Balaban J connectivity index is 1.10. The number of para-hydroxylation sites is 2.